The summed E-state index contributed by atoms with van der Waals surface area (Å²) in [5.41, 5.74) is 1.25. The number of nitrogens with one attached hydrogen (secondary N) is 2. The van der Waals surface area contributed by atoms with Crippen molar-refractivity contribution in [3.8, 4) is 0 Å². The summed E-state index contributed by atoms with van der Waals surface area (Å²) in [6.07, 6.45) is 2.66. The molecule has 1 aliphatic heterocycles. The quantitative estimate of drug-likeness (QED) is 0.868. The maximum absolute atomic E-state index is 3.56. The molecule has 2 heterocycles. The number of hydrogen-bond donors (Lipinski definition) is 2. The van der Waals surface area contributed by atoms with Crippen molar-refractivity contribution in [2.75, 3.05) is 25.0 Å². The summed E-state index contributed by atoms with van der Waals surface area (Å²) in [7, 11) is 0. The maximum Gasteiger partial charge on any atom is 0.0347 e. The van der Waals surface area contributed by atoms with E-state index in [1.54, 1.807) is 11.3 Å². The predicted molar refractivity (Wildman–Crippen MR) is 75.9 cm³/mol. The first-order chi connectivity index (χ1) is 8.42. The van der Waals surface area contributed by atoms with Gasteiger partial charge in [0, 0.05) is 16.9 Å². The summed E-state index contributed by atoms with van der Waals surface area (Å²) < 4.78 is 1.37. The van der Waals surface area contributed by atoms with Gasteiger partial charge in [-0.2, -0.15) is 0 Å². The molecule has 0 radical (unpaired) electrons. The summed E-state index contributed by atoms with van der Waals surface area (Å²) in [6.45, 7) is 3.44. The number of hydrogen-bond acceptors (Lipinski definition) is 3. The first kappa shape index (κ1) is 11.1. The highest BCUT2D eigenvalue weighted by Crippen LogP contribution is 2.24. The standard InChI is InChI=1S/C14H18N2S/c1-2-11(9-15-6-1)10-16-13-3-4-14-12(8-13)5-7-17-14/h3-5,7-8,11,15-16H,1-2,6,9-10H2. The minimum atomic E-state index is 0.780. The van der Waals surface area contributed by atoms with Crippen molar-refractivity contribution in [2.45, 2.75) is 12.8 Å². The summed E-state index contributed by atoms with van der Waals surface area (Å²) in [4.78, 5) is 0. The van der Waals surface area contributed by atoms with Gasteiger partial charge in [0.25, 0.3) is 0 Å². The van der Waals surface area contributed by atoms with E-state index >= 15 is 0 Å². The van der Waals surface area contributed by atoms with E-state index in [0.29, 0.717) is 0 Å². The Bertz CT molecular complexity index is 486. The van der Waals surface area contributed by atoms with Crippen LogP contribution in [0.4, 0.5) is 5.69 Å². The summed E-state index contributed by atoms with van der Waals surface area (Å²) in [6, 6.07) is 8.84. The molecule has 3 rings (SSSR count). The maximum atomic E-state index is 3.56. The first-order valence-electron chi connectivity index (χ1n) is 6.34. The molecule has 17 heavy (non-hydrogen) atoms. The Morgan fingerprint density at radius 2 is 2.35 bits per heavy atom. The lowest BCUT2D eigenvalue weighted by atomic mass is 10.00. The third-order valence-electron chi connectivity index (χ3n) is 3.45. The number of benzene rings is 1. The molecule has 0 spiro atoms. The average molecular weight is 246 g/mol. The molecule has 1 atom stereocenters. The average Bonchev–Trinajstić information content (AvgIpc) is 2.85. The smallest absolute Gasteiger partial charge is 0.0347 e. The van der Waals surface area contributed by atoms with Crippen molar-refractivity contribution in [2.24, 2.45) is 5.92 Å². The first-order valence-corrected chi connectivity index (χ1v) is 7.21. The summed E-state index contributed by atoms with van der Waals surface area (Å²) in [5.74, 6) is 0.780. The Balaban J connectivity index is 1.63. The third kappa shape index (κ3) is 2.61. The Morgan fingerprint density at radius 1 is 1.35 bits per heavy atom. The largest absolute Gasteiger partial charge is 0.385 e. The van der Waals surface area contributed by atoms with E-state index in [4.69, 9.17) is 0 Å². The monoisotopic (exact) mass is 246 g/mol. The Kier molecular flexibility index (Phi) is 3.29. The minimum Gasteiger partial charge on any atom is -0.385 e. The van der Waals surface area contributed by atoms with E-state index in [-0.39, 0.29) is 0 Å². The van der Waals surface area contributed by atoms with Crippen LogP contribution < -0.4 is 10.6 Å². The van der Waals surface area contributed by atoms with Gasteiger partial charge in [-0.15, -0.1) is 11.3 Å². The molecule has 1 fully saturated rings. The lowest BCUT2D eigenvalue weighted by Gasteiger charge is -2.23. The second-order valence-electron chi connectivity index (χ2n) is 4.77. The zero-order chi connectivity index (χ0) is 11.5. The van der Waals surface area contributed by atoms with Crippen LogP contribution in [0.3, 0.4) is 0 Å². The van der Waals surface area contributed by atoms with Crippen LogP contribution in [-0.2, 0) is 0 Å². The number of thiophene rings is 1. The molecule has 1 unspecified atom stereocenters. The lowest BCUT2D eigenvalue weighted by molar-refractivity contribution is 0.393. The van der Waals surface area contributed by atoms with Crippen molar-refractivity contribution in [3.05, 3.63) is 29.6 Å². The Labute approximate surface area is 106 Å². The van der Waals surface area contributed by atoms with Gasteiger partial charge in [0.05, 0.1) is 0 Å². The van der Waals surface area contributed by atoms with Gasteiger partial charge in [0.1, 0.15) is 0 Å². The van der Waals surface area contributed by atoms with Gasteiger partial charge in [-0.3, -0.25) is 0 Å². The highest BCUT2D eigenvalue weighted by atomic mass is 32.1. The molecule has 2 aromatic rings. The molecule has 90 valence electrons. The second kappa shape index (κ2) is 5.07. The molecule has 2 N–H and O–H groups in total. The van der Waals surface area contributed by atoms with Crippen LogP contribution in [0.1, 0.15) is 12.8 Å². The van der Waals surface area contributed by atoms with Crippen LogP contribution >= 0.6 is 11.3 Å². The topological polar surface area (TPSA) is 24.1 Å². The van der Waals surface area contributed by atoms with Crippen LogP contribution in [0, 0.1) is 5.92 Å². The molecule has 1 aliphatic rings. The van der Waals surface area contributed by atoms with Gasteiger partial charge >= 0.3 is 0 Å². The predicted octanol–water partition coefficient (Wildman–Crippen LogP) is 3.31. The van der Waals surface area contributed by atoms with Crippen molar-refractivity contribution >= 4 is 27.1 Å². The lowest BCUT2D eigenvalue weighted by Crippen LogP contribution is -2.33. The normalized spacial score (nSPS) is 20.6. The fourth-order valence-electron chi connectivity index (χ4n) is 2.44. The molecule has 0 amide bonds. The highest BCUT2D eigenvalue weighted by molar-refractivity contribution is 7.17. The van der Waals surface area contributed by atoms with Crippen molar-refractivity contribution in [1.82, 2.24) is 5.32 Å². The van der Waals surface area contributed by atoms with Gasteiger partial charge in [0.2, 0.25) is 0 Å². The molecule has 1 saturated heterocycles. The van der Waals surface area contributed by atoms with Crippen LogP contribution in [-0.4, -0.2) is 19.6 Å². The molecule has 0 aliphatic carbocycles. The number of anilines is 1. The molecule has 3 heteroatoms. The van der Waals surface area contributed by atoms with E-state index in [9.17, 15) is 0 Å². The SMILES string of the molecule is c1cc2cc(NCC3CCCNC3)ccc2s1. The molecule has 1 aromatic heterocycles. The van der Waals surface area contributed by atoms with Crippen molar-refractivity contribution in [1.29, 1.82) is 0 Å². The summed E-state index contributed by atoms with van der Waals surface area (Å²) >= 11 is 1.80. The Morgan fingerprint density at radius 3 is 3.24 bits per heavy atom. The van der Waals surface area contributed by atoms with Crippen LogP contribution in [0.15, 0.2) is 29.6 Å². The molecule has 0 saturated carbocycles. The van der Waals surface area contributed by atoms with Crippen LogP contribution in [0.25, 0.3) is 10.1 Å². The van der Waals surface area contributed by atoms with E-state index < -0.39 is 0 Å². The number of piperidine rings is 1. The zero-order valence-electron chi connectivity index (χ0n) is 9.91. The van der Waals surface area contributed by atoms with Crippen molar-refractivity contribution in [3.63, 3.8) is 0 Å². The van der Waals surface area contributed by atoms with Gasteiger partial charge < -0.3 is 10.6 Å². The van der Waals surface area contributed by atoms with Gasteiger partial charge in [-0.1, -0.05) is 0 Å². The van der Waals surface area contributed by atoms with Gasteiger partial charge in [0.15, 0.2) is 0 Å². The van der Waals surface area contributed by atoms with Gasteiger partial charge in [-0.05, 0) is 66.9 Å². The Hall–Kier alpha value is -1.06. The van der Waals surface area contributed by atoms with E-state index in [2.05, 4.69) is 40.3 Å². The number of rotatable bonds is 3. The summed E-state index contributed by atoms with van der Waals surface area (Å²) in [5, 5.41) is 10.5. The molecule has 2 nitrogen and oxygen atoms in total. The highest BCUT2D eigenvalue weighted by Gasteiger charge is 2.12. The fourth-order valence-corrected chi connectivity index (χ4v) is 3.21. The van der Waals surface area contributed by atoms with Crippen LogP contribution in [0.2, 0.25) is 0 Å². The van der Waals surface area contributed by atoms with Crippen LogP contribution in [0.5, 0.6) is 0 Å². The zero-order valence-corrected chi connectivity index (χ0v) is 10.7. The molecular weight excluding hydrogens is 228 g/mol. The number of fused-ring (bicyclic) bond motifs is 1. The van der Waals surface area contributed by atoms with E-state index in [1.807, 2.05) is 0 Å². The molecular formula is C14H18N2S. The molecule has 0 bridgehead atoms. The van der Waals surface area contributed by atoms with E-state index in [1.165, 1.54) is 35.2 Å². The molecule has 1 aromatic carbocycles. The second-order valence-corrected chi connectivity index (χ2v) is 5.71. The van der Waals surface area contributed by atoms with Gasteiger partial charge in [-0.25, -0.2) is 0 Å². The minimum absolute atomic E-state index is 0.780. The van der Waals surface area contributed by atoms with Crippen molar-refractivity contribution < 1.29 is 0 Å². The van der Waals surface area contributed by atoms with E-state index in [0.717, 1.165) is 19.0 Å². The third-order valence-corrected chi connectivity index (χ3v) is 4.34. The fraction of sp³-hybridized carbons (Fsp3) is 0.429.